The predicted molar refractivity (Wildman–Crippen MR) is 79.1 cm³/mol. The number of carbonyl (C=O) groups is 1. The molecule has 6 heteroatoms. The largest absolute Gasteiger partial charge is 0.364 e. The fourth-order valence-electron chi connectivity index (χ4n) is 2.13. The number of hydrogen-bond donors (Lipinski definition) is 1. The second-order valence-electron chi connectivity index (χ2n) is 4.73. The summed E-state index contributed by atoms with van der Waals surface area (Å²) in [4.78, 5) is 24.1. The Hall–Kier alpha value is -2.89. The van der Waals surface area contributed by atoms with Crippen molar-refractivity contribution in [1.82, 2.24) is 5.16 Å². The Bertz CT molecular complexity index is 812. The molecular weight excluding hydrogens is 270 g/mol. The Morgan fingerprint density at radius 3 is 2.52 bits per heavy atom. The van der Waals surface area contributed by atoms with Crippen LogP contribution in [0.1, 0.15) is 18.2 Å². The Kier molecular flexibility index (Phi) is 3.06. The Morgan fingerprint density at radius 1 is 1.19 bits per heavy atom. The molecule has 1 aliphatic rings. The molecule has 1 N–H and O–H groups in total. The minimum atomic E-state index is -0.501. The van der Waals surface area contributed by atoms with Gasteiger partial charge in [0, 0.05) is 0 Å². The van der Waals surface area contributed by atoms with Crippen LogP contribution in [0.5, 0.6) is 0 Å². The molecule has 0 unspecified atom stereocenters. The fraction of sp³-hybridized carbons (Fsp3) is 0.133. The molecule has 6 nitrogen and oxygen atoms in total. The topological polar surface area (TPSA) is 78.7 Å². The summed E-state index contributed by atoms with van der Waals surface area (Å²) in [7, 11) is 0. The number of nitrogens with zero attached hydrogens (tertiary/aromatic N) is 2. The van der Waals surface area contributed by atoms with Gasteiger partial charge in [0.05, 0.1) is 28.2 Å². The van der Waals surface area contributed by atoms with Crippen molar-refractivity contribution >= 4 is 23.4 Å². The van der Waals surface area contributed by atoms with E-state index in [-0.39, 0.29) is 5.91 Å². The van der Waals surface area contributed by atoms with E-state index < -0.39 is 5.63 Å². The van der Waals surface area contributed by atoms with E-state index in [1.54, 1.807) is 26.0 Å². The first kappa shape index (κ1) is 13.1. The molecule has 0 fully saturated rings. The number of anilines is 1. The summed E-state index contributed by atoms with van der Waals surface area (Å²) in [6.07, 6.45) is 1.52. The monoisotopic (exact) mass is 283 g/mol. The van der Waals surface area contributed by atoms with Crippen LogP contribution in [0.15, 0.2) is 50.3 Å². The van der Waals surface area contributed by atoms with E-state index in [2.05, 4.69) is 10.3 Å². The van der Waals surface area contributed by atoms with E-state index in [1.165, 1.54) is 11.1 Å². The van der Waals surface area contributed by atoms with Gasteiger partial charge < -0.3 is 4.52 Å². The van der Waals surface area contributed by atoms with E-state index in [0.29, 0.717) is 28.2 Å². The Morgan fingerprint density at radius 2 is 1.90 bits per heavy atom. The van der Waals surface area contributed by atoms with Crippen LogP contribution in [0.25, 0.3) is 6.08 Å². The molecule has 21 heavy (non-hydrogen) atoms. The van der Waals surface area contributed by atoms with Crippen LogP contribution in [0, 0.1) is 6.92 Å². The van der Waals surface area contributed by atoms with Crippen LogP contribution in [0.2, 0.25) is 0 Å². The summed E-state index contributed by atoms with van der Waals surface area (Å²) < 4.78 is 4.70. The summed E-state index contributed by atoms with van der Waals surface area (Å²) in [6, 6.07) is 9.13. The predicted octanol–water partition coefficient (Wildman–Crippen LogP) is 2.08. The van der Waals surface area contributed by atoms with E-state index in [0.717, 1.165) is 0 Å². The van der Waals surface area contributed by atoms with Crippen LogP contribution in [-0.4, -0.2) is 16.8 Å². The summed E-state index contributed by atoms with van der Waals surface area (Å²) in [5.41, 5.74) is 2.04. The number of H-pyrrole nitrogens is 1. The van der Waals surface area contributed by atoms with Crippen molar-refractivity contribution in [2.24, 2.45) is 5.10 Å². The molecule has 0 saturated heterocycles. The minimum Gasteiger partial charge on any atom is -0.338 e. The molecule has 2 aromatic rings. The number of amides is 1. The summed E-state index contributed by atoms with van der Waals surface area (Å²) >= 11 is 0. The number of rotatable bonds is 2. The standard InChI is InChI=1S/C15H13N3O3/c1-9-12(8-13-10(2)17-21-15(13)20)14(19)18(16-9)11-6-4-3-5-7-11/h3-8,17H,1-2H3/b12-8-. The average molecular weight is 283 g/mol. The van der Waals surface area contributed by atoms with Crippen LogP contribution in [0.3, 0.4) is 0 Å². The number of carbonyl (C=O) groups excluding carboxylic acids is 1. The van der Waals surface area contributed by atoms with E-state index in [9.17, 15) is 9.59 Å². The van der Waals surface area contributed by atoms with Crippen molar-refractivity contribution in [3.05, 3.63) is 57.6 Å². The molecule has 106 valence electrons. The molecule has 3 rings (SSSR count). The molecule has 0 bridgehead atoms. The van der Waals surface area contributed by atoms with Gasteiger partial charge >= 0.3 is 5.63 Å². The summed E-state index contributed by atoms with van der Waals surface area (Å²) in [5.74, 6) is -0.265. The number of para-hydroxylation sites is 1. The van der Waals surface area contributed by atoms with Crippen molar-refractivity contribution in [3.8, 4) is 0 Å². The smallest absolute Gasteiger partial charge is 0.338 e. The minimum absolute atomic E-state index is 0.265. The lowest BCUT2D eigenvalue weighted by Gasteiger charge is -2.10. The molecular formula is C15H13N3O3. The number of nitrogens with one attached hydrogen (secondary N) is 1. The highest BCUT2D eigenvalue weighted by Gasteiger charge is 2.29. The van der Waals surface area contributed by atoms with Crippen molar-refractivity contribution in [1.29, 1.82) is 0 Å². The van der Waals surface area contributed by atoms with Gasteiger partial charge in [0.15, 0.2) is 0 Å². The normalized spacial score (nSPS) is 16.7. The van der Waals surface area contributed by atoms with E-state index in [4.69, 9.17) is 4.52 Å². The number of benzene rings is 1. The quantitative estimate of drug-likeness (QED) is 0.857. The number of aryl methyl sites for hydroxylation is 1. The van der Waals surface area contributed by atoms with Gasteiger partial charge in [-0.1, -0.05) is 18.2 Å². The maximum absolute atomic E-state index is 12.5. The van der Waals surface area contributed by atoms with Crippen molar-refractivity contribution in [3.63, 3.8) is 0 Å². The van der Waals surface area contributed by atoms with Gasteiger partial charge in [-0.2, -0.15) is 10.1 Å². The van der Waals surface area contributed by atoms with E-state index >= 15 is 0 Å². The van der Waals surface area contributed by atoms with Gasteiger partial charge in [0.1, 0.15) is 0 Å². The van der Waals surface area contributed by atoms with Crippen molar-refractivity contribution in [2.45, 2.75) is 13.8 Å². The van der Waals surface area contributed by atoms with Gasteiger partial charge in [-0.3, -0.25) is 4.79 Å². The van der Waals surface area contributed by atoms with Gasteiger partial charge in [-0.25, -0.2) is 9.95 Å². The molecule has 2 heterocycles. The third-order valence-electron chi connectivity index (χ3n) is 3.27. The molecule has 0 aliphatic carbocycles. The number of aromatic nitrogens is 1. The number of hydrogen-bond acceptors (Lipinski definition) is 4. The molecule has 0 radical (unpaired) electrons. The maximum atomic E-state index is 12.5. The van der Waals surface area contributed by atoms with Crippen LogP contribution in [-0.2, 0) is 4.79 Å². The second-order valence-corrected chi connectivity index (χ2v) is 4.73. The van der Waals surface area contributed by atoms with Gasteiger partial charge in [-0.15, -0.1) is 0 Å². The highest BCUT2D eigenvalue weighted by molar-refractivity contribution is 6.32. The van der Waals surface area contributed by atoms with Crippen LogP contribution >= 0.6 is 0 Å². The van der Waals surface area contributed by atoms with Crippen molar-refractivity contribution < 1.29 is 9.32 Å². The van der Waals surface area contributed by atoms with Gasteiger partial charge in [0.2, 0.25) is 0 Å². The zero-order valence-electron chi connectivity index (χ0n) is 11.6. The zero-order valence-corrected chi connectivity index (χ0v) is 11.6. The first-order chi connectivity index (χ1) is 10.1. The van der Waals surface area contributed by atoms with Gasteiger partial charge in [0.25, 0.3) is 5.91 Å². The first-order valence-corrected chi connectivity index (χ1v) is 6.43. The lowest BCUT2D eigenvalue weighted by molar-refractivity contribution is -0.114. The summed E-state index contributed by atoms with van der Waals surface area (Å²) in [5, 5.41) is 8.06. The van der Waals surface area contributed by atoms with Gasteiger partial charge in [-0.05, 0) is 32.1 Å². The Balaban J connectivity index is 2.02. The average Bonchev–Trinajstić information content (AvgIpc) is 2.95. The maximum Gasteiger partial charge on any atom is 0.364 e. The van der Waals surface area contributed by atoms with Crippen molar-refractivity contribution in [2.75, 3.05) is 5.01 Å². The third-order valence-corrected chi connectivity index (χ3v) is 3.27. The molecule has 1 amide bonds. The SMILES string of the molecule is CC1=NN(c2ccccc2)C(=O)/C1=C\c1c(C)[nH]oc1=O. The number of hydrazone groups is 1. The van der Waals surface area contributed by atoms with Crippen LogP contribution in [0.4, 0.5) is 5.69 Å². The molecule has 1 aromatic heterocycles. The molecule has 1 aromatic carbocycles. The molecule has 0 saturated carbocycles. The third kappa shape index (κ3) is 2.20. The molecule has 0 atom stereocenters. The zero-order chi connectivity index (χ0) is 15.0. The highest BCUT2D eigenvalue weighted by atomic mass is 16.5. The Labute approximate surface area is 120 Å². The second kappa shape index (κ2) is 4.90. The van der Waals surface area contributed by atoms with Crippen LogP contribution < -0.4 is 10.6 Å². The molecule has 0 spiro atoms. The summed E-state index contributed by atoms with van der Waals surface area (Å²) in [6.45, 7) is 3.44. The molecule has 1 aliphatic heterocycles. The fourth-order valence-corrected chi connectivity index (χ4v) is 2.13. The number of aromatic amines is 1. The van der Waals surface area contributed by atoms with E-state index in [1.807, 2.05) is 18.2 Å². The lowest BCUT2D eigenvalue weighted by Crippen LogP contribution is -2.21. The highest BCUT2D eigenvalue weighted by Crippen LogP contribution is 2.24. The lowest BCUT2D eigenvalue weighted by atomic mass is 10.1. The first-order valence-electron chi connectivity index (χ1n) is 6.43.